The fourth-order valence-corrected chi connectivity index (χ4v) is 8.96. The van der Waals surface area contributed by atoms with Crippen molar-refractivity contribution in [2.24, 2.45) is 34.0 Å². The summed E-state index contributed by atoms with van der Waals surface area (Å²) in [5.41, 5.74) is 19.2. The highest BCUT2D eigenvalue weighted by Crippen LogP contribution is 2.28. The van der Waals surface area contributed by atoms with Crippen molar-refractivity contribution in [3.05, 3.63) is 95.6 Å². The minimum absolute atomic E-state index is 0.0129. The number of hydrogen-bond acceptors (Lipinski definition) is 12. The Morgan fingerprint density at radius 3 is 2.25 bits per heavy atom. The van der Waals surface area contributed by atoms with Crippen LogP contribution in [-0.4, -0.2) is 151 Å². The average molecular weight is 1010 g/mol. The van der Waals surface area contributed by atoms with Crippen molar-refractivity contribution < 1.29 is 53.7 Å². The van der Waals surface area contributed by atoms with Gasteiger partial charge in [0.05, 0.1) is 24.7 Å². The standard InChI is InChI=1S/C50H68N12O11/c1-3-29(2)42(46(69)59-38(24-34-27-54-28-57-34)48(71)61-19-8-12-40(61)45(68)60-39(49(72)73)23-30-9-5-4-6-10-30)62-20-17-32(22-33(47(62)70)21-31-13-15-35(63)16-14-31)26-56-44(67)37(11-7-18-55-50(52)53)58-43(66)36(51)25-41(64)65/h4-6,9-10,13-16,22,27-29,33,36-40,42,63H,3,7-8,11-12,17-21,23-26,51H2,1-2H3,(H,54,57)(H,56,67)(H,58,66)(H,59,69)(H,60,68)(H,64,65)(H,72,73)(H4,52,53,55)/t29-,33+,36+,37+,38+,39+,40+,42+/m1/s1. The molecule has 0 radical (unpaired) electrons. The lowest BCUT2D eigenvalue weighted by Gasteiger charge is -2.37. The summed E-state index contributed by atoms with van der Waals surface area (Å²) in [4.78, 5) is 122. The average Bonchev–Trinajstić information content (AvgIpc) is 4.05. The second kappa shape index (κ2) is 27.1. The number of carboxylic acid groups (broad SMARTS) is 2. The summed E-state index contributed by atoms with van der Waals surface area (Å²) < 4.78 is 0. The van der Waals surface area contributed by atoms with Crippen molar-refractivity contribution in [2.75, 3.05) is 26.2 Å². The molecular formula is C50H68N12O11. The van der Waals surface area contributed by atoms with E-state index in [9.17, 15) is 53.7 Å². The molecule has 394 valence electrons. The van der Waals surface area contributed by atoms with Crippen LogP contribution in [0, 0.1) is 11.8 Å². The van der Waals surface area contributed by atoms with Crippen molar-refractivity contribution in [1.82, 2.24) is 41.0 Å². The summed E-state index contributed by atoms with van der Waals surface area (Å²) in [5.74, 6) is -7.78. The van der Waals surface area contributed by atoms with E-state index in [0.717, 1.165) is 0 Å². The predicted octanol–water partition coefficient (Wildman–Crippen LogP) is -0.165. The number of carbonyl (C=O) groups excluding carboxylic acids is 6. The number of aromatic hydroxyl groups is 1. The molecule has 0 saturated carbocycles. The number of imidazole rings is 1. The zero-order valence-corrected chi connectivity index (χ0v) is 41.1. The molecule has 1 fully saturated rings. The van der Waals surface area contributed by atoms with Gasteiger partial charge in [0, 0.05) is 50.9 Å². The molecule has 1 aromatic heterocycles. The molecule has 0 bridgehead atoms. The van der Waals surface area contributed by atoms with E-state index in [0.29, 0.717) is 35.2 Å². The Kier molecular flexibility index (Phi) is 20.8. The zero-order chi connectivity index (χ0) is 53.2. The number of hydrogen-bond donors (Lipinski definition) is 11. The lowest BCUT2D eigenvalue weighted by atomic mass is 9.92. The third-order valence-corrected chi connectivity index (χ3v) is 13.0. The molecule has 0 unspecified atom stereocenters. The van der Waals surface area contributed by atoms with E-state index >= 15 is 0 Å². The molecule has 73 heavy (non-hydrogen) atoms. The Morgan fingerprint density at radius 1 is 0.890 bits per heavy atom. The lowest BCUT2D eigenvalue weighted by molar-refractivity contribution is -0.147. The number of rotatable bonds is 26. The van der Waals surface area contributed by atoms with Crippen LogP contribution in [0.5, 0.6) is 5.75 Å². The summed E-state index contributed by atoms with van der Waals surface area (Å²) in [6.45, 7) is 3.91. The molecule has 5 rings (SSSR count). The third-order valence-electron chi connectivity index (χ3n) is 13.0. The Hall–Kier alpha value is -7.82. The molecule has 2 aliphatic rings. The second-order valence-electron chi connectivity index (χ2n) is 18.5. The number of carbonyl (C=O) groups is 8. The maximum atomic E-state index is 14.9. The lowest BCUT2D eigenvalue weighted by Crippen LogP contribution is -2.60. The number of nitrogens with zero attached hydrogens (tertiary/aromatic N) is 4. The Morgan fingerprint density at radius 2 is 1.60 bits per heavy atom. The first-order chi connectivity index (χ1) is 34.8. The molecule has 0 spiro atoms. The number of H-pyrrole nitrogens is 1. The fourth-order valence-electron chi connectivity index (χ4n) is 8.96. The van der Waals surface area contributed by atoms with E-state index in [2.05, 4.69) is 36.2 Å². The van der Waals surface area contributed by atoms with Gasteiger partial charge in [0.15, 0.2) is 5.96 Å². The monoisotopic (exact) mass is 1010 g/mol. The van der Waals surface area contributed by atoms with Crippen LogP contribution >= 0.6 is 0 Å². The number of aromatic amines is 1. The summed E-state index contributed by atoms with van der Waals surface area (Å²) in [6.07, 6.45) is 5.73. The van der Waals surface area contributed by atoms with E-state index in [1.807, 2.05) is 13.8 Å². The van der Waals surface area contributed by atoms with Crippen molar-refractivity contribution in [3.8, 4) is 5.75 Å². The van der Waals surface area contributed by atoms with E-state index in [1.54, 1.807) is 48.5 Å². The van der Waals surface area contributed by atoms with E-state index in [4.69, 9.17) is 17.2 Å². The first-order valence-corrected chi connectivity index (χ1v) is 24.4. The maximum absolute atomic E-state index is 14.9. The zero-order valence-electron chi connectivity index (χ0n) is 41.1. The van der Waals surface area contributed by atoms with Gasteiger partial charge in [-0.3, -0.25) is 38.6 Å². The minimum Gasteiger partial charge on any atom is -0.508 e. The molecule has 2 aliphatic heterocycles. The number of nitrogens with two attached hydrogens (primary N) is 3. The van der Waals surface area contributed by atoms with Crippen LogP contribution in [0.15, 0.2) is 83.8 Å². The van der Waals surface area contributed by atoms with Crippen LogP contribution < -0.4 is 38.5 Å². The first kappa shape index (κ1) is 56.1. The number of phenols is 1. The number of aliphatic carboxylic acids is 2. The second-order valence-corrected chi connectivity index (χ2v) is 18.5. The van der Waals surface area contributed by atoms with E-state index in [1.165, 1.54) is 34.5 Å². The van der Waals surface area contributed by atoms with Crippen molar-refractivity contribution in [1.29, 1.82) is 0 Å². The normalized spacial score (nSPS) is 18.1. The molecule has 8 atom stereocenters. The highest BCUT2D eigenvalue weighted by atomic mass is 16.4. The molecule has 23 nitrogen and oxygen atoms in total. The van der Waals surface area contributed by atoms with Crippen LogP contribution in [-0.2, 0) is 57.6 Å². The molecule has 3 aromatic rings. The van der Waals surface area contributed by atoms with Gasteiger partial charge < -0.3 is 68.6 Å². The Labute approximate surface area is 422 Å². The van der Waals surface area contributed by atoms with Gasteiger partial charge in [-0.1, -0.05) is 74.4 Å². The number of guanidine groups is 1. The number of carboxylic acids is 2. The summed E-state index contributed by atoms with van der Waals surface area (Å²) in [5, 5.41) is 40.2. The van der Waals surface area contributed by atoms with Crippen molar-refractivity contribution in [3.63, 3.8) is 0 Å². The highest BCUT2D eigenvalue weighted by molar-refractivity contribution is 5.96. The van der Waals surface area contributed by atoms with Gasteiger partial charge in [-0.05, 0) is 67.7 Å². The molecule has 23 heteroatoms. The summed E-state index contributed by atoms with van der Waals surface area (Å²) in [6, 6.07) is 7.86. The Bertz CT molecular complexity index is 2450. The van der Waals surface area contributed by atoms with Crippen LogP contribution in [0.4, 0.5) is 0 Å². The summed E-state index contributed by atoms with van der Waals surface area (Å²) in [7, 11) is 0. The van der Waals surface area contributed by atoms with Gasteiger partial charge in [-0.2, -0.15) is 0 Å². The molecule has 2 aromatic carbocycles. The van der Waals surface area contributed by atoms with Gasteiger partial charge in [-0.25, -0.2) is 9.78 Å². The predicted molar refractivity (Wildman–Crippen MR) is 267 cm³/mol. The van der Waals surface area contributed by atoms with E-state index < -0.39 is 102 Å². The van der Waals surface area contributed by atoms with Crippen LogP contribution in [0.3, 0.4) is 0 Å². The number of nitrogens with one attached hydrogen (secondary N) is 5. The van der Waals surface area contributed by atoms with Gasteiger partial charge in [-0.15, -0.1) is 0 Å². The fraction of sp³-hybridized carbons (Fsp3) is 0.480. The van der Waals surface area contributed by atoms with Gasteiger partial charge in [0.2, 0.25) is 35.4 Å². The topological polar surface area (TPSA) is 371 Å². The minimum atomic E-state index is -1.44. The van der Waals surface area contributed by atoms with Crippen molar-refractivity contribution >= 4 is 53.3 Å². The molecule has 0 aliphatic carbocycles. The van der Waals surface area contributed by atoms with Gasteiger partial charge in [0.1, 0.15) is 36.0 Å². The largest absolute Gasteiger partial charge is 0.508 e. The number of benzene rings is 2. The number of amides is 6. The van der Waals surface area contributed by atoms with E-state index in [-0.39, 0.29) is 82.8 Å². The number of aromatic nitrogens is 2. The molecule has 3 heterocycles. The number of phenolic OH excluding ortho intramolecular Hbond substituents is 1. The van der Waals surface area contributed by atoms with Gasteiger partial charge in [0.25, 0.3) is 0 Å². The maximum Gasteiger partial charge on any atom is 0.326 e. The number of aliphatic imine (C=N–C) groups is 1. The molecule has 1 saturated heterocycles. The highest BCUT2D eigenvalue weighted by Gasteiger charge is 2.42. The SMILES string of the molecule is CC[C@@H](C)[C@@H](C(=O)N[C@@H](Cc1cnc[nH]1)C(=O)N1CCC[C@H]1C(=O)N[C@@H](Cc1ccccc1)C(=O)O)N1CCC(CNC(=O)[C@H](CCCN=C(N)N)NC(=O)[C@@H](N)CC(=O)O)=C[C@H](Cc2ccc(O)cc2)C1=O. The number of likely N-dealkylation sites (tertiary alicyclic amines) is 1. The Balaban J connectivity index is 1.39. The third kappa shape index (κ3) is 16.6. The first-order valence-electron chi connectivity index (χ1n) is 24.4. The molecule has 6 amide bonds. The molecular weight excluding hydrogens is 945 g/mol. The van der Waals surface area contributed by atoms with Crippen LogP contribution in [0.1, 0.15) is 75.6 Å². The van der Waals surface area contributed by atoms with Crippen LogP contribution in [0.2, 0.25) is 0 Å². The molecule has 14 N–H and O–H groups in total. The van der Waals surface area contributed by atoms with Crippen molar-refractivity contribution in [2.45, 2.75) is 114 Å². The van der Waals surface area contributed by atoms with Gasteiger partial charge >= 0.3 is 11.9 Å². The smallest absolute Gasteiger partial charge is 0.326 e. The summed E-state index contributed by atoms with van der Waals surface area (Å²) >= 11 is 0. The quantitative estimate of drug-likeness (QED) is 0.0215. The van der Waals surface area contributed by atoms with Crippen LogP contribution in [0.25, 0.3) is 0 Å².